The fraction of sp³-hybridized carbons (Fsp3) is 0.538. The maximum Gasteiger partial charge on any atom is 0.326 e. The first-order chi connectivity index (χ1) is 17.9. The van der Waals surface area contributed by atoms with Gasteiger partial charge in [-0.05, 0) is 42.7 Å². The van der Waals surface area contributed by atoms with Crippen molar-refractivity contribution in [2.75, 3.05) is 58.4 Å². The van der Waals surface area contributed by atoms with Gasteiger partial charge in [-0.2, -0.15) is 4.98 Å². The molecule has 37 heavy (non-hydrogen) atoms. The van der Waals surface area contributed by atoms with Crippen molar-refractivity contribution in [1.29, 1.82) is 0 Å². The molecule has 3 saturated heterocycles. The Hall–Kier alpha value is -3.02. The SMILES string of the molecule is COc1cccc(CN2C(=O)N(c3ccc(C4CNNC4)c(OC)n3)CC23CCN(CC(F)F)CC3)c1. The predicted molar refractivity (Wildman–Crippen MR) is 135 cm³/mol. The molecule has 2 N–H and O–H groups in total. The van der Waals surface area contributed by atoms with Gasteiger partial charge in [-0.1, -0.05) is 12.1 Å². The maximum absolute atomic E-state index is 13.9. The van der Waals surface area contributed by atoms with E-state index in [1.54, 1.807) is 24.0 Å². The number of aromatic nitrogens is 1. The van der Waals surface area contributed by atoms with Crippen molar-refractivity contribution in [3.05, 3.63) is 47.5 Å². The van der Waals surface area contributed by atoms with Crippen molar-refractivity contribution in [3.8, 4) is 11.6 Å². The second kappa shape index (κ2) is 10.8. The molecule has 2 aromatic rings. The topological polar surface area (TPSA) is 82.2 Å². The van der Waals surface area contributed by atoms with Crippen molar-refractivity contribution in [2.24, 2.45) is 0 Å². The average molecular weight is 517 g/mol. The quantitative estimate of drug-likeness (QED) is 0.559. The van der Waals surface area contributed by atoms with Crippen LogP contribution >= 0.6 is 0 Å². The molecule has 3 fully saturated rings. The number of carbonyl (C=O) groups excluding carboxylic acids is 1. The highest BCUT2D eigenvalue weighted by atomic mass is 19.3. The predicted octanol–water partition coefficient (Wildman–Crippen LogP) is 2.83. The van der Waals surface area contributed by atoms with Gasteiger partial charge < -0.3 is 14.4 Å². The Morgan fingerprint density at radius 3 is 2.54 bits per heavy atom. The van der Waals surface area contributed by atoms with E-state index in [4.69, 9.17) is 14.5 Å². The normalized spacial score (nSPS) is 20.4. The number of nitrogens with zero attached hydrogens (tertiary/aromatic N) is 4. The van der Waals surface area contributed by atoms with Crippen LogP contribution in [0.3, 0.4) is 0 Å². The summed E-state index contributed by atoms with van der Waals surface area (Å²) in [5.41, 5.74) is 7.71. The lowest BCUT2D eigenvalue weighted by atomic mass is 9.86. The lowest BCUT2D eigenvalue weighted by molar-refractivity contribution is 0.0340. The standard InChI is InChI=1S/C26H34F2N6O3/c1-36-20-5-3-4-18(12-20)15-34-25(35)33(17-26(34)8-10-32(11-9-26)16-22(27)28)23-7-6-21(24(31-23)37-2)19-13-29-30-14-19/h3-7,12,19,22,29-30H,8-11,13-17H2,1-2H3. The number of nitrogens with one attached hydrogen (secondary N) is 2. The summed E-state index contributed by atoms with van der Waals surface area (Å²) in [4.78, 5) is 24.1. The Balaban J connectivity index is 1.44. The van der Waals surface area contributed by atoms with Gasteiger partial charge in [0.15, 0.2) is 0 Å². The zero-order valence-corrected chi connectivity index (χ0v) is 21.3. The molecular formula is C26H34F2N6O3. The highest BCUT2D eigenvalue weighted by Crippen LogP contribution is 2.40. The Kier molecular flexibility index (Phi) is 7.45. The van der Waals surface area contributed by atoms with E-state index in [9.17, 15) is 13.6 Å². The number of hydrogen-bond acceptors (Lipinski definition) is 7. The van der Waals surface area contributed by atoms with Crippen LogP contribution in [0.5, 0.6) is 11.6 Å². The Morgan fingerprint density at radius 1 is 1.11 bits per heavy atom. The molecule has 0 aliphatic carbocycles. The number of likely N-dealkylation sites (tertiary alicyclic amines) is 1. The zero-order chi connectivity index (χ0) is 26.0. The van der Waals surface area contributed by atoms with Crippen molar-refractivity contribution in [3.63, 3.8) is 0 Å². The molecule has 2 amide bonds. The molecule has 0 saturated carbocycles. The van der Waals surface area contributed by atoms with Crippen molar-refractivity contribution in [1.82, 2.24) is 25.6 Å². The first-order valence-electron chi connectivity index (χ1n) is 12.7. The van der Waals surface area contributed by atoms with Crippen LogP contribution in [0.2, 0.25) is 0 Å². The van der Waals surface area contributed by atoms with Gasteiger partial charge in [-0.3, -0.25) is 20.7 Å². The number of benzene rings is 1. The Morgan fingerprint density at radius 2 is 1.86 bits per heavy atom. The summed E-state index contributed by atoms with van der Waals surface area (Å²) in [6.45, 7) is 3.17. The van der Waals surface area contributed by atoms with E-state index in [1.165, 1.54) is 0 Å². The highest BCUT2D eigenvalue weighted by Gasteiger charge is 2.51. The molecule has 0 radical (unpaired) electrons. The molecule has 3 aliphatic heterocycles. The minimum atomic E-state index is -2.37. The van der Waals surface area contributed by atoms with E-state index < -0.39 is 12.0 Å². The number of carbonyl (C=O) groups is 1. The van der Waals surface area contributed by atoms with Gasteiger partial charge in [-0.15, -0.1) is 0 Å². The summed E-state index contributed by atoms with van der Waals surface area (Å²) in [6, 6.07) is 11.4. The van der Waals surface area contributed by atoms with Crippen molar-refractivity contribution < 1.29 is 23.0 Å². The fourth-order valence-corrected chi connectivity index (χ4v) is 5.69. The number of urea groups is 1. The summed E-state index contributed by atoms with van der Waals surface area (Å²) in [7, 11) is 3.20. The monoisotopic (exact) mass is 516 g/mol. The van der Waals surface area contributed by atoms with Gasteiger partial charge >= 0.3 is 6.03 Å². The Bertz CT molecular complexity index is 1110. The van der Waals surface area contributed by atoms with Crippen LogP contribution in [0.4, 0.5) is 19.4 Å². The number of hydrazine groups is 1. The number of amides is 2. The van der Waals surface area contributed by atoms with Gasteiger partial charge in [0.1, 0.15) is 11.6 Å². The van der Waals surface area contributed by atoms with Crippen LogP contribution in [-0.2, 0) is 6.54 Å². The third-order valence-corrected chi connectivity index (χ3v) is 7.75. The smallest absolute Gasteiger partial charge is 0.326 e. The minimum absolute atomic E-state index is 0.142. The molecular weight excluding hydrogens is 482 g/mol. The maximum atomic E-state index is 13.9. The number of pyridine rings is 1. The van der Waals surface area contributed by atoms with Gasteiger partial charge in [0, 0.05) is 44.2 Å². The molecule has 1 aromatic carbocycles. The van der Waals surface area contributed by atoms with Crippen LogP contribution in [-0.4, -0.2) is 86.3 Å². The zero-order valence-electron chi connectivity index (χ0n) is 21.3. The molecule has 1 spiro atoms. The van der Waals surface area contributed by atoms with Crippen molar-refractivity contribution in [2.45, 2.75) is 37.3 Å². The molecule has 5 rings (SSSR count). The third kappa shape index (κ3) is 5.21. The molecule has 0 unspecified atom stereocenters. The summed E-state index contributed by atoms with van der Waals surface area (Å²) >= 11 is 0. The first-order valence-corrected chi connectivity index (χ1v) is 12.7. The molecule has 9 nitrogen and oxygen atoms in total. The van der Waals surface area contributed by atoms with E-state index in [0.717, 1.165) is 30.0 Å². The molecule has 4 heterocycles. The fourth-order valence-electron chi connectivity index (χ4n) is 5.69. The first kappa shape index (κ1) is 25.6. The lowest BCUT2D eigenvalue weighted by Crippen LogP contribution is -2.54. The number of anilines is 1. The van der Waals surface area contributed by atoms with Gasteiger partial charge in [-0.25, -0.2) is 13.6 Å². The average Bonchev–Trinajstić information content (AvgIpc) is 3.53. The number of ether oxygens (including phenoxy) is 2. The largest absolute Gasteiger partial charge is 0.497 e. The number of halogens is 2. The van der Waals surface area contributed by atoms with Gasteiger partial charge in [0.05, 0.1) is 32.8 Å². The minimum Gasteiger partial charge on any atom is -0.497 e. The Labute approximate surface area is 215 Å². The van der Waals surface area contributed by atoms with Crippen LogP contribution in [0, 0.1) is 0 Å². The van der Waals surface area contributed by atoms with E-state index in [0.29, 0.717) is 50.7 Å². The summed E-state index contributed by atoms with van der Waals surface area (Å²) in [5.74, 6) is 1.99. The second-order valence-electron chi connectivity index (χ2n) is 9.95. The number of piperidine rings is 1. The molecule has 200 valence electrons. The molecule has 3 aliphatic rings. The molecule has 1 aromatic heterocycles. The van der Waals surface area contributed by atoms with Crippen molar-refractivity contribution >= 4 is 11.8 Å². The van der Waals surface area contributed by atoms with Crippen LogP contribution < -0.4 is 25.2 Å². The van der Waals surface area contributed by atoms with Crippen LogP contribution in [0.1, 0.15) is 29.9 Å². The molecule has 11 heteroatoms. The van der Waals surface area contributed by atoms with Gasteiger partial charge in [0.25, 0.3) is 6.43 Å². The van der Waals surface area contributed by atoms with E-state index in [2.05, 4.69) is 10.9 Å². The van der Waals surface area contributed by atoms with Crippen LogP contribution in [0.15, 0.2) is 36.4 Å². The second-order valence-corrected chi connectivity index (χ2v) is 9.95. The summed E-state index contributed by atoms with van der Waals surface area (Å²) in [6.07, 6.45) is -1.15. The summed E-state index contributed by atoms with van der Waals surface area (Å²) < 4.78 is 37.1. The number of alkyl halides is 2. The molecule has 0 bridgehead atoms. The number of rotatable bonds is 8. The third-order valence-electron chi connectivity index (χ3n) is 7.75. The van der Waals surface area contributed by atoms with E-state index >= 15 is 0 Å². The number of hydrogen-bond donors (Lipinski definition) is 2. The van der Waals surface area contributed by atoms with Crippen LogP contribution in [0.25, 0.3) is 0 Å². The van der Waals surface area contributed by atoms with E-state index in [1.807, 2.05) is 41.3 Å². The number of methoxy groups -OCH3 is 2. The highest BCUT2D eigenvalue weighted by molar-refractivity contribution is 5.94. The summed E-state index contributed by atoms with van der Waals surface area (Å²) in [5, 5.41) is 0. The molecule has 0 atom stereocenters. The van der Waals surface area contributed by atoms with Gasteiger partial charge in [0.2, 0.25) is 5.88 Å². The van der Waals surface area contributed by atoms with E-state index in [-0.39, 0.29) is 18.5 Å². The lowest BCUT2D eigenvalue weighted by Gasteiger charge is -2.43.